The zero-order valence-electron chi connectivity index (χ0n) is 13.8. The van der Waals surface area contributed by atoms with E-state index in [1.165, 1.54) is 37.4 Å². The third kappa shape index (κ3) is 3.77. The summed E-state index contributed by atoms with van der Waals surface area (Å²) in [6.45, 7) is 0.195. The fourth-order valence-corrected chi connectivity index (χ4v) is 3.21. The molecule has 0 aliphatic carbocycles. The Morgan fingerprint density at radius 2 is 1.96 bits per heavy atom. The first-order chi connectivity index (χ1) is 12.4. The number of carbonyl (C=O) groups is 1. The second kappa shape index (κ2) is 7.04. The largest absolute Gasteiger partial charge is 0.347 e. The Morgan fingerprint density at radius 1 is 1.23 bits per heavy atom. The van der Waals surface area contributed by atoms with Crippen molar-refractivity contribution >= 4 is 21.8 Å². The van der Waals surface area contributed by atoms with Crippen molar-refractivity contribution in [2.75, 3.05) is 7.05 Å². The normalized spacial score (nSPS) is 15.8. The van der Waals surface area contributed by atoms with E-state index >= 15 is 0 Å². The Labute approximate surface area is 150 Å². The smallest absolute Gasteiger partial charge is 0.345 e. The number of amides is 1. The molecular weight excluding hydrogens is 359 g/mol. The molecule has 2 heterocycles. The highest BCUT2D eigenvalue weighted by atomic mass is 32.2. The van der Waals surface area contributed by atoms with Gasteiger partial charge in [0.25, 0.3) is 5.91 Å². The number of nitrogens with one attached hydrogen (secondary N) is 1. The first-order valence-electron chi connectivity index (χ1n) is 7.60. The van der Waals surface area contributed by atoms with Crippen LogP contribution < -0.4 is 5.32 Å². The Bertz CT molecular complexity index is 986. The molecule has 1 aromatic carbocycles. The second-order valence-corrected chi connectivity index (χ2v) is 7.13. The summed E-state index contributed by atoms with van der Waals surface area (Å²) in [7, 11) is -2.81. The van der Waals surface area contributed by atoms with Gasteiger partial charge >= 0.3 is 10.2 Å². The molecule has 3 rings (SSSR count). The van der Waals surface area contributed by atoms with Gasteiger partial charge in [0.15, 0.2) is 0 Å². The molecule has 1 aliphatic heterocycles. The van der Waals surface area contributed by atoms with Gasteiger partial charge in [-0.3, -0.25) is 9.78 Å². The molecule has 1 amide bonds. The molecule has 0 atom stereocenters. The van der Waals surface area contributed by atoms with E-state index in [1.807, 2.05) is 0 Å². The van der Waals surface area contributed by atoms with E-state index in [4.69, 9.17) is 0 Å². The van der Waals surface area contributed by atoms with Crippen molar-refractivity contribution in [3.05, 3.63) is 77.5 Å². The van der Waals surface area contributed by atoms with E-state index in [1.54, 1.807) is 24.5 Å². The Kier molecular flexibility index (Phi) is 4.81. The molecule has 9 heteroatoms. The van der Waals surface area contributed by atoms with Crippen molar-refractivity contribution < 1.29 is 17.6 Å². The van der Waals surface area contributed by atoms with Crippen LogP contribution in [0.3, 0.4) is 0 Å². The molecule has 0 saturated heterocycles. The maximum absolute atomic E-state index is 13.1. The van der Waals surface area contributed by atoms with Crippen LogP contribution >= 0.6 is 0 Å². The fraction of sp³-hybridized carbons (Fsp3) is 0.118. The lowest BCUT2D eigenvalue weighted by atomic mass is 10.1. The molecule has 134 valence electrons. The summed E-state index contributed by atoms with van der Waals surface area (Å²) >= 11 is 0. The summed E-state index contributed by atoms with van der Waals surface area (Å²) in [6.07, 6.45) is 4.56. The number of hydrogen-bond acceptors (Lipinski definition) is 4. The van der Waals surface area contributed by atoms with Crippen molar-refractivity contribution in [2.45, 2.75) is 6.54 Å². The van der Waals surface area contributed by atoms with E-state index in [0.29, 0.717) is 5.56 Å². The summed E-state index contributed by atoms with van der Waals surface area (Å²) in [6, 6.07) is 8.70. The summed E-state index contributed by atoms with van der Waals surface area (Å²) in [5.74, 6) is -1.03. The molecule has 26 heavy (non-hydrogen) atoms. The highest BCUT2D eigenvalue weighted by molar-refractivity contribution is 7.88. The average molecular weight is 374 g/mol. The van der Waals surface area contributed by atoms with Crippen LogP contribution in [0.15, 0.2) is 65.0 Å². The monoisotopic (exact) mass is 374 g/mol. The topological polar surface area (TPSA) is 91.7 Å². The lowest BCUT2D eigenvalue weighted by Crippen LogP contribution is -2.38. The van der Waals surface area contributed by atoms with Crippen LogP contribution in [0.1, 0.15) is 11.1 Å². The van der Waals surface area contributed by atoms with Crippen LogP contribution in [0.5, 0.6) is 0 Å². The third-order valence-electron chi connectivity index (χ3n) is 3.72. The van der Waals surface area contributed by atoms with Gasteiger partial charge in [0.05, 0.1) is 5.71 Å². The maximum Gasteiger partial charge on any atom is 0.345 e. The molecule has 1 aliphatic rings. The predicted octanol–water partition coefficient (Wildman–Crippen LogP) is 1.40. The Morgan fingerprint density at radius 3 is 2.62 bits per heavy atom. The number of aromatic nitrogens is 1. The standard InChI is InChI=1S/C17H15FN4O3S/c1-22-16(17(23)20-11-12-3-2-8-19-10-12)9-15(21-26(22,24)25)13-4-6-14(18)7-5-13/h2-10H,11H2,1H3,(H,20,23). The van der Waals surface area contributed by atoms with Gasteiger partial charge in [0, 0.05) is 31.5 Å². The molecule has 2 aromatic rings. The summed E-state index contributed by atoms with van der Waals surface area (Å²) < 4.78 is 42.1. The minimum absolute atomic E-state index is 0.0645. The molecule has 7 nitrogen and oxygen atoms in total. The van der Waals surface area contributed by atoms with Crippen LogP contribution in [-0.4, -0.2) is 36.4 Å². The SMILES string of the molecule is CN1C(C(=O)NCc2cccnc2)=CC(c2ccc(F)cc2)=NS1(=O)=O. The van der Waals surface area contributed by atoms with E-state index in [0.717, 1.165) is 9.87 Å². The zero-order chi connectivity index (χ0) is 18.7. The quantitative estimate of drug-likeness (QED) is 0.876. The molecule has 0 unspecified atom stereocenters. The highest BCUT2D eigenvalue weighted by Gasteiger charge is 2.29. The first kappa shape index (κ1) is 17.7. The van der Waals surface area contributed by atoms with E-state index in [2.05, 4.69) is 14.7 Å². The van der Waals surface area contributed by atoms with Gasteiger partial charge in [-0.2, -0.15) is 8.42 Å². The summed E-state index contributed by atoms with van der Waals surface area (Å²) in [4.78, 5) is 16.4. The number of pyridine rings is 1. The number of likely N-dealkylation sites (N-methyl/N-ethyl adjacent to an activating group) is 1. The molecule has 0 spiro atoms. The highest BCUT2D eigenvalue weighted by Crippen LogP contribution is 2.20. The number of halogens is 1. The van der Waals surface area contributed by atoms with Gasteiger partial charge in [-0.05, 0) is 42.0 Å². The van der Waals surface area contributed by atoms with Crippen molar-refractivity contribution in [3.63, 3.8) is 0 Å². The molecule has 0 fully saturated rings. The number of nitrogens with zero attached hydrogens (tertiary/aromatic N) is 3. The lowest BCUT2D eigenvalue weighted by molar-refractivity contribution is -0.118. The first-order valence-corrected chi connectivity index (χ1v) is 9.00. The Balaban J connectivity index is 1.87. The van der Waals surface area contributed by atoms with E-state index in [-0.39, 0.29) is 18.0 Å². The predicted molar refractivity (Wildman–Crippen MR) is 93.8 cm³/mol. The maximum atomic E-state index is 13.1. The van der Waals surface area contributed by atoms with Crippen LogP contribution in [0.25, 0.3) is 0 Å². The van der Waals surface area contributed by atoms with Crippen LogP contribution in [0, 0.1) is 5.82 Å². The summed E-state index contributed by atoms with van der Waals surface area (Å²) in [5.41, 5.74) is 1.15. The summed E-state index contributed by atoms with van der Waals surface area (Å²) in [5, 5.41) is 2.65. The third-order valence-corrected chi connectivity index (χ3v) is 5.04. The zero-order valence-corrected chi connectivity index (χ0v) is 14.6. The van der Waals surface area contributed by atoms with Gasteiger partial charge in [0.1, 0.15) is 11.5 Å². The van der Waals surface area contributed by atoms with Crippen molar-refractivity contribution in [1.82, 2.24) is 14.6 Å². The van der Waals surface area contributed by atoms with Gasteiger partial charge in [-0.15, -0.1) is 4.40 Å². The number of rotatable bonds is 4. The van der Waals surface area contributed by atoms with Crippen molar-refractivity contribution in [3.8, 4) is 0 Å². The number of allylic oxidation sites excluding steroid dienone is 1. The molecule has 0 bridgehead atoms. The van der Waals surface area contributed by atoms with Crippen LogP contribution in [0.2, 0.25) is 0 Å². The average Bonchev–Trinajstić information content (AvgIpc) is 2.63. The number of benzene rings is 1. The molecule has 0 radical (unpaired) electrons. The minimum Gasteiger partial charge on any atom is -0.347 e. The van der Waals surface area contributed by atoms with Crippen molar-refractivity contribution in [1.29, 1.82) is 0 Å². The molecule has 1 N–H and O–H groups in total. The fourth-order valence-electron chi connectivity index (χ4n) is 2.30. The Hall–Kier alpha value is -3.07. The van der Waals surface area contributed by atoms with Gasteiger partial charge in [0.2, 0.25) is 0 Å². The minimum atomic E-state index is -4.06. The van der Waals surface area contributed by atoms with E-state index < -0.39 is 21.9 Å². The van der Waals surface area contributed by atoms with Gasteiger partial charge in [-0.25, -0.2) is 8.70 Å². The van der Waals surface area contributed by atoms with Crippen molar-refractivity contribution in [2.24, 2.45) is 4.40 Å². The number of carbonyl (C=O) groups excluding carboxylic acids is 1. The van der Waals surface area contributed by atoms with Gasteiger partial charge in [-0.1, -0.05) is 6.07 Å². The lowest BCUT2D eigenvalue weighted by Gasteiger charge is -2.23. The van der Waals surface area contributed by atoms with Gasteiger partial charge < -0.3 is 5.32 Å². The second-order valence-electron chi connectivity index (χ2n) is 5.50. The van der Waals surface area contributed by atoms with E-state index in [9.17, 15) is 17.6 Å². The number of hydrogen-bond donors (Lipinski definition) is 1. The molecule has 1 aromatic heterocycles. The molecular formula is C17H15FN4O3S. The van der Waals surface area contributed by atoms with Crippen LogP contribution in [0.4, 0.5) is 4.39 Å². The van der Waals surface area contributed by atoms with Crippen LogP contribution in [-0.2, 0) is 21.5 Å². The molecule has 0 saturated carbocycles.